The number of carbonyl (C=O) groups excluding carboxylic acids is 1. The number of carbonyl (C=O) groups is 1. The minimum absolute atomic E-state index is 0.247. The van der Waals surface area contributed by atoms with Crippen molar-refractivity contribution >= 4 is 44.7 Å². The summed E-state index contributed by atoms with van der Waals surface area (Å²) in [5.41, 5.74) is 1.13. The highest BCUT2D eigenvalue weighted by molar-refractivity contribution is 7.21. The Kier molecular flexibility index (Phi) is 4.70. The predicted molar refractivity (Wildman–Crippen MR) is 107 cm³/mol. The summed E-state index contributed by atoms with van der Waals surface area (Å²) in [5, 5.41) is 11.5. The maximum Gasteiger partial charge on any atom is 0.279 e. The van der Waals surface area contributed by atoms with Crippen LogP contribution in [-0.4, -0.2) is 20.9 Å². The van der Waals surface area contributed by atoms with E-state index in [1.165, 1.54) is 11.3 Å². The van der Waals surface area contributed by atoms with Gasteiger partial charge in [-0.1, -0.05) is 59.3 Å². The lowest BCUT2D eigenvalue weighted by atomic mass is 10.2. The molecule has 8 heteroatoms. The zero-order chi connectivity index (χ0) is 18.8. The van der Waals surface area contributed by atoms with Crippen LogP contribution in [0.4, 0.5) is 5.69 Å². The first kappa shape index (κ1) is 17.4. The number of fused-ring (bicyclic) bond motifs is 1. The number of benzene rings is 2. The van der Waals surface area contributed by atoms with Crippen molar-refractivity contribution in [2.24, 2.45) is 0 Å². The van der Waals surface area contributed by atoms with Gasteiger partial charge < -0.3 is 5.32 Å². The molecule has 0 aliphatic carbocycles. The molecule has 0 bridgehead atoms. The first-order valence-corrected chi connectivity index (χ1v) is 9.28. The number of aromatic nitrogens is 3. The van der Waals surface area contributed by atoms with Gasteiger partial charge >= 0.3 is 0 Å². The van der Waals surface area contributed by atoms with Crippen LogP contribution in [0.3, 0.4) is 0 Å². The van der Waals surface area contributed by atoms with E-state index < -0.39 is 5.91 Å². The van der Waals surface area contributed by atoms with E-state index in [9.17, 15) is 9.59 Å². The minimum Gasteiger partial charge on any atom is -0.323 e. The monoisotopic (exact) mass is 396 g/mol. The zero-order valence-electron chi connectivity index (χ0n) is 13.9. The Balaban J connectivity index is 1.61. The van der Waals surface area contributed by atoms with E-state index in [-0.39, 0.29) is 12.1 Å². The average Bonchev–Trinajstić information content (AvgIpc) is 3.12. The van der Waals surface area contributed by atoms with Gasteiger partial charge in [0.15, 0.2) is 4.83 Å². The van der Waals surface area contributed by atoms with Crippen molar-refractivity contribution in [2.75, 3.05) is 5.32 Å². The molecular weight excluding hydrogens is 384 g/mol. The summed E-state index contributed by atoms with van der Waals surface area (Å²) in [4.78, 5) is 26.4. The largest absolute Gasteiger partial charge is 0.323 e. The number of nitrogens with zero attached hydrogens (tertiary/aromatic N) is 3. The van der Waals surface area contributed by atoms with E-state index in [2.05, 4.69) is 15.6 Å². The number of thiophene rings is 1. The summed E-state index contributed by atoms with van der Waals surface area (Å²) in [5.74, 6) is -0.405. The standard InChI is InChI=1S/C19H13ClN4O2S/c20-14-8-4-5-9-15(14)21-17(25)11-24-19(26)13-10-16(27-18(13)22-23-24)12-6-2-1-3-7-12/h1-10H,11H2,(H,21,25). The highest BCUT2D eigenvalue weighted by Gasteiger charge is 2.14. The van der Waals surface area contributed by atoms with Gasteiger partial charge in [-0.2, -0.15) is 0 Å². The van der Waals surface area contributed by atoms with Gasteiger partial charge in [-0.3, -0.25) is 9.59 Å². The van der Waals surface area contributed by atoms with Gasteiger partial charge in [0.05, 0.1) is 16.1 Å². The Hall–Kier alpha value is -3.03. The Morgan fingerprint density at radius 3 is 2.63 bits per heavy atom. The molecule has 0 unspecified atom stereocenters. The average molecular weight is 397 g/mol. The fraction of sp³-hybridized carbons (Fsp3) is 0.0526. The third-order valence-electron chi connectivity index (χ3n) is 3.92. The number of anilines is 1. The molecule has 0 radical (unpaired) electrons. The lowest BCUT2D eigenvalue weighted by Gasteiger charge is -2.07. The smallest absolute Gasteiger partial charge is 0.279 e. The lowest BCUT2D eigenvalue weighted by molar-refractivity contribution is -0.117. The molecular formula is C19H13ClN4O2S. The lowest BCUT2D eigenvalue weighted by Crippen LogP contribution is -2.30. The number of para-hydroxylation sites is 1. The van der Waals surface area contributed by atoms with Crippen LogP contribution in [0.15, 0.2) is 65.5 Å². The van der Waals surface area contributed by atoms with Gasteiger partial charge in [-0.25, -0.2) is 4.68 Å². The molecule has 1 N–H and O–H groups in total. The van der Waals surface area contributed by atoms with E-state index in [4.69, 9.17) is 11.6 Å². The molecule has 2 aromatic carbocycles. The normalized spacial score (nSPS) is 10.9. The topological polar surface area (TPSA) is 76.9 Å². The molecule has 4 rings (SSSR count). The van der Waals surface area contributed by atoms with Crippen molar-refractivity contribution < 1.29 is 4.79 Å². The van der Waals surface area contributed by atoms with Crippen LogP contribution in [0.25, 0.3) is 20.7 Å². The number of amides is 1. The molecule has 0 atom stereocenters. The molecule has 2 aromatic heterocycles. The second-order valence-electron chi connectivity index (χ2n) is 5.78. The Bertz CT molecular complexity index is 1190. The zero-order valence-corrected chi connectivity index (χ0v) is 15.5. The van der Waals surface area contributed by atoms with E-state index >= 15 is 0 Å². The molecule has 4 aromatic rings. The predicted octanol–water partition coefficient (Wildman–Crippen LogP) is 3.81. The quantitative estimate of drug-likeness (QED) is 0.569. The number of hydrogen-bond acceptors (Lipinski definition) is 5. The summed E-state index contributed by atoms with van der Waals surface area (Å²) < 4.78 is 1.05. The molecule has 0 saturated carbocycles. The van der Waals surface area contributed by atoms with Crippen molar-refractivity contribution in [2.45, 2.75) is 6.54 Å². The van der Waals surface area contributed by atoms with E-state index in [1.54, 1.807) is 30.3 Å². The second kappa shape index (κ2) is 7.30. The van der Waals surface area contributed by atoms with Crippen molar-refractivity contribution in [3.63, 3.8) is 0 Å². The first-order valence-electron chi connectivity index (χ1n) is 8.09. The van der Waals surface area contributed by atoms with Crippen LogP contribution in [0.5, 0.6) is 0 Å². The second-order valence-corrected chi connectivity index (χ2v) is 7.21. The summed E-state index contributed by atoms with van der Waals surface area (Å²) >= 11 is 7.42. The van der Waals surface area contributed by atoms with Crippen LogP contribution in [-0.2, 0) is 11.3 Å². The molecule has 0 fully saturated rings. The van der Waals surface area contributed by atoms with Gasteiger partial charge in [0, 0.05) is 4.88 Å². The SMILES string of the molecule is O=C(Cn1nnc2sc(-c3ccccc3)cc2c1=O)Nc1ccccc1Cl. The molecule has 0 aliphatic heterocycles. The molecule has 0 saturated heterocycles. The highest BCUT2D eigenvalue weighted by atomic mass is 35.5. The van der Waals surface area contributed by atoms with Crippen LogP contribution in [0.2, 0.25) is 5.02 Å². The molecule has 6 nitrogen and oxygen atoms in total. The Morgan fingerprint density at radius 2 is 1.85 bits per heavy atom. The van der Waals surface area contributed by atoms with Gasteiger partial charge in [-0.05, 0) is 23.8 Å². The van der Waals surface area contributed by atoms with Gasteiger partial charge in [0.2, 0.25) is 5.91 Å². The molecule has 0 aliphatic rings. The number of hydrogen-bond donors (Lipinski definition) is 1. The molecule has 2 heterocycles. The van der Waals surface area contributed by atoms with Crippen LogP contribution in [0.1, 0.15) is 0 Å². The van der Waals surface area contributed by atoms with E-state index in [0.717, 1.165) is 15.1 Å². The third kappa shape index (κ3) is 3.60. The molecule has 0 spiro atoms. The van der Waals surface area contributed by atoms with Crippen LogP contribution >= 0.6 is 22.9 Å². The van der Waals surface area contributed by atoms with Crippen molar-refractivity contribution in [3.8, 4) is 10.4 Å². The number of halogens is 1. The summed E-state index contributed by atoms with van der Waals surface area (Å²) in [6.45, 7) is -0.247. The first-order chi connectivity index (χ1) is 13.1. The number of rotatable bonds is 4. The van der Waals surface area contributed by atoms with E-state index in [1.807, 2.05) is 30.3 Å². The van der Waals surface area contributed by atoms with Crippen LogP contribution < -0.4 is 10.9 Å². The van der Waals surface area contributed by atoms with Gasteiger partial charge in [0.1, 0.15) is 6.54 Å². The molecule has 1 amide bonds. The Morgan fingerprint density at radius 1 is 1.11 bits per heavy atom. The number of nitrogens with one attached hydrogen (secondary N) is 1. The van der Waals surface area contributed by atoms with Gasteiger partial charge in [-0.15, -0.1) is 16.4 Å². The van der Waals surface area contributed by atoms with Crippen molar-refractivity contribution in [1.29, 1.82) is 0 Å². The maximum absolute atomic E-state index is 12.7. The fourth-order valence-electron chi connectivity index (χ4n) is 2.62. The van der Waals surface area contributed by atoms with Gasteiger partial charge in [0.25, 0.3) is 5.56 Å². The third-order valence-corrected chi connectivity index (χ3v) is 5.32. The maximum atomic E-state index is 12.7. The molecule has 134 valence electrons. The highest BCUT2D eigenvalue weighted by Crippen LogP contribution is 2.30. The van der Waals surface area contributed by atoms with Crippen molar-refractivity contribution in [3.05, 3.63) is 76.0 Å². The summed E-state index contributed by atoms with van der Waals surface area (Å²) in [6.07, 6.45) is 0. The Labute approximate surface area is 163 Å². The van der Waals surface area contributed by atoms with Crippen LogP contribution in [0, 0.1) is 0 Å². The summed E-state index contributed by atoms with van der Waals surface area (Å²) in [6, 6.07) is 18.4. The summed E-state index contributed by atoms with van der Waals surface area (Å²) in [7, 11) is 0. The fourth-order valence-corrected chi connectivity index (χ4v) is 3.78. The van der Waals surface area contributed by atoms with Crippen molar-refractivity contribution in [1.82, 2.24) is 15.0 Å². The minimum atomic E-state index is -0.405. The van der Waals surface area contributed by atoms with E-state index in [0.29, 0.717) is 20.9 Å². The molecule has 27 heavy (non-hydrogen) atoms.